The lowest BCUT2D eigenvalue weighted by Crippen LogP contribution is -2.52. The lowest BCUT2D eigenvalue weighted by Gasteiger charge is -2.42. The van der Waals surface area contributed by atoms with Gasteiger partial charge in [0.2, 0.25) is 10.0 Å². The Hall–Kier alpha value is -2.58. The fraction of sp³-hybridized carbons (Fsp3) is 0.409. The highest BCUT2D eigenvalue weighted by atomic mass is 32.2. The molecule has 4 rings (SSSR count). The van der Waals surface area contributed by atoms with Crippen LogP contribution in [0.15, 0.2) is 53.4 Å². The maximum absolute atomic E-state index is 12.6. The van der Waals surface area contributed by atoms with Gasteiger partial charge < -0.3 is 15.0 Å². The van der Waals surface area contributed by atoms with Crippen LogP contribution in [0, 0.1) is 12.3 Å². The van der Waals surface area contributed by atoms with Gasteiger partial charge in [-0.05, 0) is 43.0 Å². The summed E-state index contributed by atoms with van der Waals surface area (Å²) >= 11 is 0. The van der Waals surface area contributed by atoms with Crippen LogP contribution in [0.5, 0.6) is 5.75 Å². The molecule has 2 aliphatic rings. The number of piperidine rings is 1. The molecule has 0 aliphatic carbocycles. The van der Waals surface area contributed by atoms with E-state index in [1.807, 2.05) is 31.2 Å². The fourth-order valence-corrected chi connectivity index (χ4v) is 5.30. The van der Waals surface area contributed by atoms with Crippen LogP contribution in [-0.4, -0.2) is 45.6 Å². The van der Waals surface area contributed by atoms with Crippen molar-refractivity contribution in [1.82, 2.24) is 14.9 Å². The number of para-hydroxylation sites is 1. The van der Waals surface area contributed by atoms with E-state index >= 15 is 0 Å². The van der Waals surface area contributed by atoms with Crippen LogP contribution in [0.4, 0.5) is 4.79 Å². The van der Waals surface area contributed by atoms with Gasteiger partial charge in [-0.3, -0.25) is 0 Å². The number of amides is 2. The van der Waals surface area contributed by atoms with E-state index in [2.05, 4.69) is 10.0 Å². The predicted octanol–water partition coefficient (Wildman–Crippen LogP) is 2.66. The summed E-state index contributed by atoms with van der Waals surface area (Å²) in [6.07, 6.45) is 1.35. The van der Waals surface area contributed by atoms with Crippen LogP contribution in [0.3, 0.4) is 0 Å². The van der Waals surface area contributed by atoms with Crippen LogP contribution in [-0.2, 0) is 16.6 Å². The molecule has 2 heterocycles. The second-order valence-electron chi connectivity index (χ2n) is 8.13. The first kappa shape index (κ1) is 20.7. The van der Waals surface area contributed by atoms with Gasteiger partial charge >= 0.3 is 6.03 Å². The highest BCUT2D eigenvalue weighted by Gasteiger charge is 2.39. The number of likely N-dealkylation sites (tertiary alicyclic amines) is 1. The van der Waals surface area contributed by atoms with Gasteiger partial charge in [0.15, 0.2) is 0 Å². The summed E-state index contributed by atoms with van der Waals surface area (Å²) in [7, 11) is -3.62. The SMILES string of the molecule is Cc1ccccc1CNC(=O)N1CCC2(CC1)CNS(=O)(=O)c1ccccc1OC2. The number of fused-ring (bicyclic) bond motifs is 1. The molecule has 30 heavy (non-hydrogen) atoms. The van der Waals surface area contributed by atoms with Gasteiger partial charge in [0, 0.05) is 31.6 Å². The number of nitrogens with one attached hydrogen (secondary N) is 2. The minimum atomic E-state index is -3.62. The maximum Gasteiger partial charge on any atom is 0.317 e. The molecule has 0 atom stereocenters. The minimum Gasteiger partial charge on any atom is -0.492 e. The summed E-state index contributed by atoms with van der Waals surface area (Å²) in [4.78, 5) is 14.6. The zero-order chi connectivity index (χ0) is 21.2. The monoisotopic (exact) mass is 429 g/mol. The molecule has 1 fully saturated rings. The lowest BCUT2D eigenvalue weighted by molar-refractivity contribution is 0.0666. The summed E-state index contributed by atoms with van der Waals surface area (Å²) < 4.78 is 33.9. The zero-order valence-corrected chi connectivity index (χ0v) is 17.9. The predicted molar refractivity (Wildman–Crippen MR) is 114 cm³/mol. The standard InChI is InChI=1S/C22H27N3O4S/c1-17-6-2-3-7-18(17)14-23-21(26)25-12-10-22(11-13-25)15-24-30(27,28)20-9-5-4-8-19(20)29-16-22/h2-9,24H,10-16H2,1H3,(H,23,26). The van der Waals surface area contributed by atoms with Crippen molar-refractivity contribution in [1.29, 1.82) is 0 Å². The van der Waals surface area contributed by atoms with E-state index in [1.54, 1.807) is 29.2 Å². The first-order valence-electron chi connectivity index (χ1n) is 10.2. The summed E-state index contributed by atoms with van der Waals surface area (Å²) in [6, 6.07) is 14.6. The first-order valence-corrected chi connectivity index (χ1v) is 11.7. The minimum absolute atomic E-state index is 0.0919. The summed E-state index contributed by atoms with van der Waals surface area (Å²) in [6.45, 7) is 4.37. The van der Waals surface area contributed by atoms with Crippen LogP contribution in [0.2, 0.25) is 0 Å². The molecular weight excluding hydrogens is 402 g/mol. The number of carbonyl (C=O) groups excluding carboxylic acids is 1. The molecule has 0 radical (unpaired) electrons. The number of hydrogen-bond acceptors (Lipinski definition) is 4. The molecule has 1 saturated heterocycles. The quantitative estimate of drug-likeness (QED) is 0.768. The molecule has 7 nitrogen and oxygen atoms in total. The van der Waals surface area contributed by atoms with E-state index in [4.69, 9.17) is 4.74 Å². The van der Waals surface area contributed by atoms with E-state index in [-0.39, 0.29) is 16.3 Å². The Morgan fingerprint density at radius 1 is 1.13 bits per heavy atom. The van der Waals surface area contributed by atoms with E-state index in [0.29, 0.717) is 51.4 Å². The van der Waals surface area contributed by atoms with E-state index in [9.17, 15) is 13.2 Å². The van der Waals surface area contributed by atoms with Crippen molar-refractivity contribution in [3.63, 3.8) is 0 Å². The van der Waals surface area contributed by atoms with E-state index in [1.165, 1.54) is 0 Å². The highest BCUT2D eigenvalue weighted by Crippen LogP contribution is 2.35. The second kappa shape index (κ2) is 8.28. The number of hydrogen-bond donors (Lipinski definition) is 2. The zero-order valence-electron chi connectivity index (χ0n) is 17.1. The first-order chi connectivity index (χ1) is 14.4. The van der Waals surface area contributed by atoms with Crippen molar-refractivity contribution in [2.45, 2.75) is 31.2 Å². The molecule has 8 heteroatoms. The molecule has 0 bridgehead atoms. The van der Waals surface area contributed by atoms with Crippen molar-refractivity contribution in [2.24, 2.45) is 5.41 Å². The average Bonchev–Trinajstić information content (AvgIpc) is 2.76. The molecule has 2 aromatic rings. The van der Waals surface area contributed by atoms with Gasteiger partial charge in [-0.1, -0.05) is 36.4 Å². The molecule has 0 aromatic heterocycles. The maximum atomic E-state index is 12.6. The molecule has 0 unspecified atom stereocenters. The number of sulfonamides is 1. The molecule has 0 saturated carbocycles. The molecular formula is C22H27N3O4S. The number of rotatable bonds is 2. The van der Waals surface area contributed by atoms with E-state index in [0.717, 1.165) is 11.1 Å². The molecule has 2 aromatic carbocycles. The Labute approximate surface area is 177 Å². The number of benzene rings is 2. The van der Waals surface area contributed by atoms with Gasteiger partial charge in [0.25, 0.3) is 0 Å². The number of urea groups is 1. The van der Waals surface area contributed by atoms with E-state index < -0.39 is 10.0 Å². The van der Waals surface area contributed by atoms with Crippen molar-refractivity contribution in [3.05, 3.63) is 59.7 Å². The third-order valence-corrected chi connectivity index (χ3v) is 7.55. The van der Waals surface area contributed by atoms with Crippen LogP contribution < -0.4 is 14.8 Å². The fourth-order valence-electron chi connectivity index (χ4n) is 4.00. The Morgan fingerprint density at radius 2 is 1.83 bits per heavy atom. The normalized spacial score (nSPS) is 19.8. The smallest absolute Gasteiger partial charge is 0.317 e. The van der Waals surface area contributed by atoms with Crippen molar-refractivity contribution >= 4 is 16.1 Å². The van der Waals surface area contributed by atoms with Gasteiger partial charge in [-0.2, -0.15) is 0 Å². The average molecular weight is 430 g/mol. The van der Waals surface area contributed by atoms with Crippen LogP contribution in [0.25, 0.3) is 0 Å². The number of aryl methyl sites for hydroxylation is 1. The van der Waals surface area contributed by atoms with Gasteiger partial charge in [0.05, 0.1) is 6.61 Å². The Morgan fingerprint density at radius 3 is 2.60 bits per heavy atom. The third kappa shape index (κ3) is 4.29. The lowest BCUT2D eigenvalue weighted by atomic mass is 9.79. The summed E-state index contributed by atoms with van der Waals surface area (Å²) in [5.41, 5.74) is 1.92. The Bertz CT molecular complexity index is 1030. The number of nitrogens with zero attached hydrogens (tertiary/aromatic N) is 1. The molecule has 2 N–H and O–H groups in total. The van der Waals surface area contributed by atoms with Gasteiger partial charge in [-0.25, -0.2) is 17.9 Å². The summed E-state index contributed by atoms with van der Waals surface area (Å²) in [5, 5.41) is 2.99. The van der Waals surface area contributed by atoms with Crippen molar-refractivity contribution < 1.29 is 17.9 Å². The molecule has 160 valence electrons. The largest absolute Gasteiger partial charge is 0.492 e. The molecule has 2 aliphatic heterocycles. The van der Waals surface area contributed by atoms with Crippen molar-refractivity contribution in [2.75, 3.05) is 26.2 Å². The molecule has 1 spiro atoms. The van der Waals surface area contributed by atoms with Crippen LogP contribution >= 0.6 is 0 Å². The summed E-state index contributed by atoms with van der Waals surface area (Å²) in [5.74, 6) is 0.377. The van der Waals surface area contributed by atoms with Crippen molar-refractivity contribution in [3.8, 4) is 5.75 Å². The number of ether oxygens (including phenoxy) is 1. The Balaban J connectivity index is 1.38. The number of carbonyl (C=O) groups is 1. The second-order valence-corrected chi connectivity index (χ2v) is 9.87. The molecule has 2 amide bonds. The third-order valence-electron chi connectivity index (χ3n) is 6.11. The van der Waals surface area contributed by atoms with Gasteiger partial charge in [-0.15, -0.1) is 0 Å². The van der Waals surface area contributed by atoms with Gasteiger partial charge in [0.1, 0.15) is 10.6 Å². The van der Waals surface area contributed by atoms with Crippen LogP contribution in [0.1, 0.15) is 24.0 Å². The highest BCUT2D eigenvalue weighted by molar-refractivity contribution is 7.89. The Kier molecular flexibility index (Phi) is 5.71. The topological polar surface area (TPSA) is 87.7 Å².